The molecule has 1 saturated heterocycles. The minimum atomic E-state index is -0.501. The van der Waals surface area contributed by atoms with Gasteiger partial charge in [-0.1, -0.05) is 18.2 Å². The molecule has 0 aliphatic carbocycles. The highest BCUT2D eigenvalue weighted by Gasteiger charge is 2.35. The van der Waals surface area contributed by atoms with Crippen LogP contribution in [-0.4, -0.2) is 47.6 Å². The fourth-order valence-corrected chi connectivity index (χ4v) is 4.23. The van der Waals surface area contributed by atoms with E-state index in [9.17, 15) is 9.59 Å². The molecule has 2 amide bonds. The van der Waals surface area contributed by atoms with Gasteiger partial charge < -0.3 is 19.7 Å². The molecule has 2 aromatic carbocycles. The molecule has 0 aromatic heterocycles. The largest absolute Gasteiger partial charge is 0.490 e. The zero-order valence-electron chi connectivity index (χ0n) is 14.7. The second-order valence-corrected chi connectivity index (χ2v) is 7.36. The van der Waals surface area contributed by atoms with Crippen molar-refractivity contribution < 1.29 is 19.1 Å². The average Bonchev–Trinajstić information content (AvgIpc) is 3.08. The predicted molar refractivity (Wildman–Crippen MR) is 104 cm³/mol. The van der Waals surface area contributed by atoms with E-state index in [1.807, 2.05) is 18.2 Å². The van der Waals surface area contributed by atoms with Gasteiger partial charge in [0.25, 0.3) is 5.91 Å². The standard InChI is InChI=1S/C20H20N2O4S/c23-19(21-15-7-8-17-18(11-15)26-10-4-9-25-17)16-12-27-13-22(16)20(24)14-5-2-1-3-6-14/h1-3,5-8,11,16H,4,9-10,12-13H2,(H,21,23). The van der Waals surface area contributed by atoms with E-state index in [1.165, 1.54) is 0 Å². The van der Waals surface area contributed by atoms with Crippen LogP contribution in [0.5, 0.6) is 11.5 Å². The number of hydrogen-bond acceptors (Lipinski definition) is 5. The summed E-state index contributed by atoms with van der Waals surface area (Å²) in [5, 5.41) is 2.91. The maximum Gasteiger partial charge on any atom is 0.255 e. The first-order valence-electron chi connectivity index (χ1n) is 8.86. The van der Waals surface area contributed by atoms with Gasteiger partial charge in [0.05, 0.1) is 19.1 Å². The Labute approximate surface area is 161 Å². The summed E-state index contributed by atoms with van der Waals surface area (Å²) < 4.78 is 11.3. The number of rotatable bonds is 3. The molecule has 6 nitrogen and oxygen atoms in total. The SMILES string of the molecule is O=C(Nc1ccc2c(c1)OCCCO2)C1CSCN1C(=O)c1ccccc1. The number of carbonyl (C=O) groups excluding carboxylic acids is 2. The van der Waals surface area contributed by atoms with Gasteiger partial charge in [0, 0.05) is 29.5 Å². The average molecular weight is 384 g/mol. The van der Waals surface area contributed by atoms with Crippen molar-refractivity contribution in [1.29, 1.82) is 0 Å². The Hall–Kier alpha value is -2.67. The fourth-order valence-electron chi connectivity index (χ4n) is 3.07. The monoisotopic (exact) mass is 384 g/mol. The van der Waals surface area contributed by atoms with Crippen molar-refractivity contribution in [3.63, 3.8) is 0 Å². The lowest BCUT2D eigenvalue weighted by Crippen LogP contribution is -2.44. The van der Waals surface area contributed by atoms with Crippen LogP contribution in [0, 0.1) is 0 Å². The van der Waals surface area contributed by atoms with E-state index < -0.39 is 6.04 Å². The molecule has 1 N–H and O–H groups in total. The van der Waals surface area contributed by atoms with Gasteiger partial charge in [0.2, 0.25) is 5.91 Å². The molecule has 2 aromatic rings. The van der Waals surface area contributed by atoms with Crippen LogP contribution < -0.4 is 14.8 Å². The van der Waals surface area contributed by atoms with Gasteiger partial charge in [-0.15, -0.1) is 11.8 Å². The van der Waals surface area contributed by atoms with E-state index >= 15 is 0 Å². The van der Waals surface area contributed by atoms with Crippen molar-refractivity contribution in [2.45, 2.75) is 12.5 Å². The molecule has 4 rings (SSSR count). The van der Waals surface area contributed by atoms with E-state index in [4.69, 9.17) is 9.47 Å². The number of hydrogen-bond donors (Lipinski definition) is 1. The summed E-state index contributed by atoms with van der Waals surface area (Å²) in [5.74, 6) is 2.08. The summed E-state index contributed by atoms with van der Waals surface area (Å²) in [5.41, 5.74) is 1.22. The fraction of sp³-hybridized carbons (Fsp3) is 0.300. The highest BCUT2D eigenvalue weighted by molar-refractivity contribution is 7.99. The Balaban J connectivity index is 1.47. The summed E-state index contributed by atoms with van der Waals surface area (Å²) in [7, 11) is 0. The maximum absolute atomic E-state index is 12.8. The van der Waals surface area contributed by atoms with Crippen LogP contribution in [0.2, 0.25) is 0 Å². The summed E-state index contributed by atoms with van der Waals surface area (Å²) in [4.78, 5) is 27.2. The van der Waals surface area contributed by atoms with Crippen LogP contribution in [0.15, 0.2) is 48.5 Å². The topological polar surface area (TPSA) is 67.9 Å². The Bertz CT molecular complexity index is 843. The van der Waals surface area contributed by atoms with Gasteiger partial charge in [0.1, 0.15) is 6.04 Å². The molecular weight excluding hydrogens is 364 g/mol. The third kappa shape index (κ3) is 3.88. The Morgan fingerprint density at radius 3 is 2.63 bits per heavy atom. The van der Waals surface area contributed by atoms with E-state index in [0.717, 1.165) is 6.42 Å². The molecule has 0 saturated carbocycles. The zero-order valence-corrected chi connectivity index (χ0v) is 15.5. The number of fused-ring (bicyclic) bond motifs is 1. The van der Waals surface area contributed by atoms with Crippen LogP contribution in [0.4, 0.5) is 5.69 Å². The van der Waals surface area contributed by atoms with Crippen molar-refractivity contribution in [1.82, 2.24) is 4.90 Å². The van der Waals surface area contributed by atoms with Gasteiger partial charge in [-0.25, -0.2) is 0 Å². The second-order valence-electron chi connectivity index (χ2n) is 6.36. The van der Waals surface area contributed by atoms with Crippen molar-refractivity contribution >= 4 is 29.3 Å². The van der Waals surface area contributed by atoms with Crippen molar-refractivity contribution in [2.75, 3.05) is 30.2 Å². The van der Waals surface area contributed by atoms with Gasteiger partial charge >= 0.3 is 0 Å². The molecular formula is C20H20N2O4S. The molecule has 7 heteroatoms. The van der Waals surface area contributed by atoms with Crippen LogP contribution in [0.25, 0.3) is 0 Å². The number of nitrogens with zero attached hydrogens (tertiary/aromatic N) is 1. The number of nitrogens with one attached hydrogen (secondary N) is 1. The van der Waals surface area contributed by atoms with Crippen molar-refractivity contribution in [3.8, 4) is 11.5 Å². The third-order valence-electron chi connectivity index (χ3n) is 4.48. The number of thioether (sulfide) groups is 1. The Kier molecular flexibility index (Phi) is 5.20. The van der Waals surface area contributed by atoms with Gasteiger partial charge in [-0.05, 0) is 24.3 Å². The summed E-state index contributed by atoms with van der Waals surface area (Å²) in [6.45, 7) is 1.21. The molecule has 0 bridgehead atoms. The number of ether oxygens (including phenoxy) is 2. The molecule has 0 radical (unpaired) electrons. The van der Waals surface area contributed by atoms with Gasteiger partial charge in [0.15, 0.2) is 11.5 Å². The Morgan fingerprint density at radius 2 is 1.81 bits per heavy atom. The third-order valence-corrected chi connectivity index (χ3v) is 5.49. The number of benzene rings is 2. The highest BCUT2D eigenvalue weighted by atomic mass is 32.2. The van der Waals surface area contributed by atoms with Crippen molar-refractivity contribution in [3.05, 3.63) is 54.1 Å². The summed E-state index contributed by atoms with van der Waals surface area (Å²) >= 11 is 1.58. The minimum absolute atomic E-state index is 0.126. The molecule has 140 valence electrons. The van der Waals surface area contributed by atoms with E-state index in [1.54, 1.807) is 47.0 Å². The smallest absolute Gasteiger partial charge is 0.255 e. The van der Waals surface area contributed by atoms with E-state index in [0.29, 0.717) is 47.6 Å². The first kappa shape index (κ1) is 17.7. The molecule has 2 heterocycles. The number of anilines is 1. The van der Waals surface area contributed by atoms with Crippen LogP contribution in [0.3, 0.4) is 0 Å². The van der Waals surface area contributed by atoms with Gasteiger partial charge in [-0.3, -0.25) is 9.59 Å². The molecule has 1 unspecified atom stereocenters. The maximum atomic E-state index is 12.8. The molecule has 1 atom stereocenters. The normalized spacial score (nSPS) is 18.7. The molecule has 1 fully saturated rings. The highest BCUT2D eigenvalue weighted by Crippen LogP contribution is 2.32. The summed E-state index contributed by atoms with van der Waals surface area (Å²) in [6, 6.07) is 13.9. The first-order chi connectivity index (χ1) is 13.2. The molecule has 2 aliphatic heterocycles. The van der Waals surface area contributed by atoms with Crippen LogP contribution in [-0.2, 0) is 4.79 Å². The predicted octanol–water partition coefficient (Wildman–Crippen LogP) is 3.00. The van der Waals surface area contributed by atoms with E-state index in [-0.39, 0.29) is 11.8 Å². The minimum Gasteiger partial charge on any atom is -0.490 e. The first-order valence-corrected chi connectivity index (χ1v) is 10.0. The molecule has 0 spiro atoms. The second kappa shape index (κ2) is 7.92. The Morgan fingerprint density at radius 1 is 1.04 bits per heavy atom. The van der Waals surface area contributed by atoms with Crippen molar-refractivity contribution in [2.24, 2.45) is 0 Å². The zero-order chi connectivity index (χ0) is 18.6. The van der Waals surface area contributed by atoms with Crippen LogP contribution >= 0.6 is 11.8 Å². The summed E-state index contributed by atoms with van der Waals surface area (Å²) in [6.07, 6.45) is 0.826. The molecule has 2 aliphatic rings. The lowest BCUT2D eigenvalue weighted by atomic mass is 10.1. The quantitative estimate of drug-likeness (QED) is 0.881. The van der Waals surface area contributed by atoms with E-state index in [2.05, 4.69) is 5.32 Å². The van der Waals surface area contributed by atoms with Crippen LogP contribution in [0.1, 0.15) is 16.8 Å². The lowest BCUT2D eigenvalue weighted by Gasteiger charge is -2.23. The van der Waals surface area contributed by atoms with Gasteiger partial charge in [-0.2, -0.15) is 0 Å². The number of amides is 2. The molecule has 27 heavy (non-hydrogen) atoms. The number of carbonyl (C=O) groups is 2. The lowest BCUT2D eigenvalue weighted by molar-refractivity contribution is -0.119.